The van der Waals surface area contributed by atoms with Gasteiger partial charge in [0, 0.05) is 0 Å². The highest BCUT2D eigenvalue weighted by molar-refractivity contribution is 5.90. The van der Waals surface area contributed by atoms with Gasteiger partial charge in [-0.25, -0.2) is 13.6 Å². The molecule has 0 spiro atoms. The average molecular weight is 201 g/mol. The van der Waals surface area contributed by atoms with Crippen molar-refractivity contribution in [3.63, 3.8) is 0 Å². The predicted octanol–water partition coefficient (Wildman–Crippen LogP) is 1.72. The molecule has 0 aliphatic rings. The van der Waals surface area contributed by atoms with E-state index >= 15 is 0 Å². The molecule has 1 rings (SSSR count). The summed E-state index contributed by atoms with van der Waals surface area (Å²) in [5, 5.41) is 0. The van der Waals surface area contributed by atoms with Crippen LogP contribution in [-0.2, 0) is 4.74 Å². The molecule has 0 saturated heterocycles. The topological polar surface area (TPSA) is 52.3 Å². The standard InChI is InChI=1S/C9H9F2NO2/c1-2-14-9(13)5-3-6(10)8(11)7(12)4-5/h3-4H,2,12H2,1H3. The maximum atomic E-state index is 12.8. The maximum Gasteiger partial charge on any atom is 0.338 e. The van der Waals surface area contributed by atoms with E-state index in [1.807, 2.05) is 0 Å². The lowest BCUT2D eigenvalue weighted by Gasteiger charge is -2.04. The zero-order chi connectivity index (χ0) is 10.7. The number of ether oxygens (including phenoxy) is 1. The van der Waals surface area contributed by atoms with Gasteiger partial charge in [0.15, 0.2) is 11.6 Å². The van der Waals surface area contributed by atoms with E-state index in [1.165, 1.54) is 0 Å². The lowest BCUT2D eigenvalue weighted by atomic mass is 10.2. The smallest absolute Gasteiger partial charge is 0.338 e. The molecule has 0 bridgehead atoms. The molecule has 0 atom stereocenters. The number of halogens is 2. The summed E-state index contributed by atoms with van der Waals surface area (Å²) in [5.41, 5.74) is 4.63. The van der Waals surface area contributed by atoms with Crippen molar-refractivity contribution in [2.24, 2.45) is 0 Å². The quantitative estimate of drug-likeness (QED) is 0.585. The second kappa shape index (κ2) is 4.04. The fourth-order valence-corrected chi connectivity index (χ4v) is 0.943. The first-order valence-corrected chi connectivity index (χ1v) is 3.98. The fourth-order valence-electron chi connectivity index (χ4n) is 0.943. The minimum atomic E-state index is -1.16. The van der Waals surface area contributed by atoms with Crippen molar-refractivity contribution in [1.82, 2.24) is 0 Å². The summed E-state index contributed by atoms with van der Waals surface area (Å²) in [6.45, 7) is 1.78. The Morgan fingerprint density at radius 1 is 1.50 bits per heavy atom. The highest BCUT2D eigenvalue weighted by Gasteiger charge is 2.13. The zero-order valence-corrected chi connectivity index (χ0v) is 7.51. The van der Waals surface area contributed by atoms with Crippen LogP contribution in [0.15, 0.2) is 12.1 Å². The van der Waals surface area contributed by atoms with Gasteiger partial charge in [-0.1, -0.05) is 0 Å². The van der Waals surface area contributed by atoms with Crippen LogP contribution < -0.4 is 5.73 Å². The van der Waals surface area contributed by atoms with Gasteiger partial charge in [0.2, 0.25) is 0 Å². The molecular formula is C9H9F2NO2. The van der Waals surface area contributed by atoms with Crippen LogP contribution in [0.4, 0.5) is 14.5 Å². The van der Waals surface area contributed by atoms with Gasteiger partial charge in [0.05, 0.1) is 17.9 Å². The lowest BCUT2D eigenvalue weighted by molar-refractivity contribution is 0.0525. The minimum Gasteiger partial charge on any atom is -0.462 e. The van der Waals surface area contributed by atoms with E-state index in [9.17, 15) is 13.6 Å². The molecule has 0 radical (unpaired) electrons. The summed E-state index contributed by atoms with van der Waals surface area (Å²) in [6.07, 6.45) is 0. The normalized spacial score (nSPS) is 9.93. The molecule has 0 fully saturated rings. The van der Waals surface area contributed by atoms with Crippen LogP contribution in [0.5, 0.6) is 0 Å². The molecule has 0 unspecified atom stereocenters. The number of hydrogen-bond donors (Lipinski definition) is 1. The molecule has 0 aromatic heterocycles. The van der Waals surface area contributed by atoms with Crippen LogP contribution in [0, 0.1) is 11.6 Å². The number of rotatable bonds is 2. The number of hydrogen-bond acceptors (Lipinski definition) is 3. The SMILES string of the molecule is CCOC(=O)c1cc(N)c(F)c(F)c1. The van der Waals surface area contributed by atoms with Gasteiger partial charge in [0.1, 0.15) is 0 Å². The molecule has 0 aliphatic heterocycles. The van der Waals surface area contributed by atoms with Crippen molar-refractivity contribution in [1.29, 1.82) is 0 Å². The molecule has 0 amide bonds. The Morgan fingerprint density at radius 3 is 2.64 bits per heavy atom. The van der Waals surface area contributed by atoms with Gasteiger partial charge in [-0.2, -0.15) is 0 Å². The van der Waals surface area contributed by atoms with E-state index in [0.717, 1.165) is 12.1 Å². The number of esters is 1. The summed E-state index contributed by atoms with van der Waals surface area (Å²) < 4.78 is 30.1. The molecule has 5 heteroatoms. The van der Waals surface area contributed by atoms with Crippen LogP contribution in [0.1, 0.15) is 17.3 Å². The monoisotopic (exact) mass is 201 g/mol. The van der Waals surface area contributed by atoms with Crippen LogP contribution in [-0.4, -0.2) is 12.6 Å². The van der Waals surface area contributed by atoms with Crippen molar-refractivity contribution in [2.75, 3.05) is 12.3 Å². The Bertz CT molecular complexity index is 343. The number of nitrogens with two attached hydrogens (primary N) is 1. The van der Waals surface area contributed by atoms with E-state index in [-0.39, 0.29) is 12.2 Å². The second-order valence-electron chi connectivity index (χ2n) is 2.58. The number of anilines is 1. The number of carbonyl (C=O) groups is 1. The van der Waals surface area contributed by atoms with Crippen molar-refractivity contribution < 1.29 is 18.3 Å². The summed E-state index contributed by atoms with van der Waals surface area (Å²) in [4.78, 5) is 11.1. The van der Waals surface area contributed by atoms with Crippen molar-refractivity contribution >= 4 is 11.7 Å². The van der Waals surface area contributed by atoms with E-state index in [2.05, 4.69) is 4.74 Å². The van der Waals surface area contributed by atoms with E-state index < -0.39 is 23.3 Å². The molecule has 0 saturated carbocycles. The zero-order valence-electron chi connectivity index (χ0n) is 7.51. The second-order valence-corrected chi connectivity index (χ2v) is 2.58. The summed E-state index contributed by atoms with van der Waals surface area (Å²) in [5.74, 6) is -3.04. The van der Waals surface area contributed by atoms with Crippen LogP contribution in [0.25, 0.3) is 0 Å². The number of nitrogen functional groups attached to an aromatic ring is 1. The molecule has 0 aliphatic carbocycles. The third-order valence-corrected chi connectivity index (χ3v) is 1.57. The third kappa shape index (κ3) is 1.99. The molecular weight excluding hydrogens is 192 g/mol. The third-order valence-electron chi connectivity index (χ3n) is 1.57. The van der Waals surface area contributed by atoms with Crippen molar-refractivity contribution in [3.8, 4) is 0 Å². The van der Waals surface area contributed by atoms with Crippen LogP contribution >= 0.6 is 0 Å². The van der Waals surface area contributed by atoms with Crippen LogP contribution in [0.2, 0.25) is 0 Å². The Kier molecular flexibility index (Phi) is 3.01. The molecule has 76 valence electrons. The lowest BCUT2D eigenvalue weighted by Crippen LogP contribution is -2.07. The maximum absolute atomic E-state index is 12.8. The van der Waals surface area contributed by atoms with Gasteiger partial charge in [-0.15, -0.1) is 0 Å². The van der Waals surface area contributed by atoms with E-state index in [0.29, 0.717) is 0 Å². The van der Waals surface area contributed by atoms with Crippen LogP contribution in [0.3, 0.4) is 0 Å². The van der Waals surface area contributed by atoms with E-state index in [4.69, 9.17) is 5.73 Å². The van der Waals surface area contributed by atoms with Gasteiger partial charge < -0.3 is 10.5 Å². The first-order chi connectivity index (χ1) is 6.56. The molecule has 1 aromatic rings. The van der Waals surface area contributed by atoms with Gasteiger partial charge >= 0.3 is 5.97 Å². The molecule has 3 nitrogen and oxygen atoms in total. The molecule has 1 aromatic carbocycles. The Hall–Kier alpha value is -1.65. The minimum absolute atomic E-state index is 0.0942. The average Bonchev–Trinajstić information content (AvgIpc) is 2.13. The fraction of sp³-hybridized carbons (Fsp3) is 0.222. The first-order valence-electron chi connectivity index (χ1n) is 3.98. The summed E-state index contributed by atoms with van der Waals surface area (Å²) in [7, 11) is 0. The Balaban J connectivity index is 3.06. The number of benzene rings is 1. The van der Waals surface area contributed by atoms with Crippen molar-refractivity contribution in [2.45, 2.75) is 6.92 Å². The summed E-state index contributed by atoms with van der Waals surface area (Å²) >= 11 is 0. The predicted molar refractivity (Wildman–Crippen MR) is 46.7 cm³/mol. The van der Waals surface area contributed by atoms with Gasteiger partial charge in [-0.3, -0.25) is 0 Å². The van der Waals surface area contributed by atoms with E-state index in [1.54, 1.807) is 6.92 Å². The van der Waals surface area contributed by atoms with Crippen molar-refractivity contribution in [3.05, 3.63) is 29.3 Å². The molecule has 2 N–H and O–H groups in total. The van der Waals surface area contributed by atoms with Gasteiger partial charge in [0.25, 0.3) is 0 Å². The summed E-state index contributed by atoms with van der Waals surface area (Å²) in [6, 6.07) is 1.79. The Labute approximate surface area is 79.5 Å². The van der Waals surface area contributed by atoms with Gasteiger partial charge in [-0.05, 0) is 19.1 Å². The first kappa shape index (κ1) is 10.4. The largest absolute Gasteiger partial charge is 0.462 e. The number of carbonyl (C=O) groups excluding carboxylic acids is 1. The molecule has 14 heavy (non-hydrogen) atoms. The highest BCUT2D eigenvalue weighted by Crippen LogP contribution is 2.17. The highest BCUT2D eigenvalue weighted by atomic mass is 19.2. The molecule has 0 heterocycles. The Morgan fingerprint density at radius 2 is 2.14 bits per heavy atom.